The fraction of sp³-hybridized carbons (Fsp3) is 0.192. The van der Waals surface area contributed by atoms with Gasteiger partial charge in [0.1, 0.15) is 12.4 Å². The number of hydrogen-bond donors (Lipinski definition) is 0. The zero-order valence-corrected chi connectivity index (χ0v) is 18.2. The standard InChI is InChI=1S/C24H21N3O2.C2H6/c1-18-14-22(29-17-23-25-12-5-13-26-23)15-24(28)27(18)16-19-8-10-21(11-9-19)20-6-3-2-4-7-20;1-2/h2-15H,16-17H2,1H3;1-2H3. The number of hydrogen-bond acceptors (Lipinski definition) is 4. The van der Waals surface area contributed by atoms with Crippen LogP contribution in [0.25, 0.3) is 11.1 Å². The normalized spacial score (nSPS) is 10.2. The van der Waals surface area contributed by atoms with Crippen molar-refractivity contribution < 1.29 is 4.74 Å². The molecule has 4 rings (SSSR count). The third-order valence-corrected chi connectivity index (χ3v) is 4.70. The average Bonchev–Trinajstić information content (AvgIpc) is 2.83. The van der Waals surface area contributed by atoms with Crippen molar-refractivity contribution in [3.8, 4) is 16.9 Å². The van der Waals surface area contributed by atoms with Crippen LogP contribution in [0.1, 0.15) is 30.9 Å². The minimum Gasteiger partial charge on any atom is -0.485 e. The van der Waals surface area contributed by atoms with Gasteiger partial charge in [-0.3, -0.25) is 4.79 Å². The fourth-order valence-electron chi connectivity index (χ4n) is 3.15. The monoisotopic (exact) mass is 413 g/mol. The van der Waals surface area contributed by atoms with Crippen LogP contribution in [0.3, 0.4) is 0 Å². The van der Waals surface area contributed by atoms with Crippen molar-refractivity contribution in [2.45, 2.75) is 33.9 Å². The highest BCUT2D eigenvalue weighted by molar-refractivity contribution is 5.63. The van der Waals surface area contributed by atoms with Crippen LogP contribution < -0.4 is 10.3 Å². The molecular formula is C26H27N3O2. The molecule has 0 saturated carbocycles. The van der Waals surface area contributed by atoms with Gasteiger partial charge in [-0.05, 0) is 35.7 Å². The molecule has 0 spiro atoms. The molecule has 2 heterocycles. The summed E-state index contributed by atoms with van der Waals surface area (Å²) in [6.45, 7) is 6.65. The molecule has 0 aliphatic carbocycles. The summed E-state index contributed by atoms with van der Waals surface area (Å²) in [6, 6.07) is 23.7. The molecule has 4 aromatic rings. The number of aryl methyl sites for hydroxylation is 1. The maximum atomic E-state index is 12.6. The number of pyridine rings is 1. The van der Waals surface area contributed by atoms with Gasteiger partial charge in [-0.15, -0.1) is 0 Å². The summed E-state index contributed by atoms with van der Waals surface area (Å²) in [5.41, 5.74) is 4.15. The second kappa shape index (κ2) is 10.9. The van der Waals surface area contributed by atoms with Crippen LogP contribution in [0, 0.1) is 6.92 Å². The zero-order valence-electron chi connectivity index (χ0n) is 18.2. The maximum absolute atomic E-state index is 12.6. The largest absolute Gasteiger partial charge is 0.485 e. The van der Waals surface area contributed by atoms with Crippen molar-refractivity contribution in [2.24, 2.45) is 0 Å². The number of ether oxygens (including phenoxy) is 1. The molecule has 5 nitrogen and oxygen atoms in total. The van der Waals surface area contributed by atoms with E-state index in [1.807, 2.05) is 45.0 Å². The molecule has 0 aliphatic heterocycles. The Kier molecular flexibility index (Phi) is 7.71. The number of benzene rings is 2. The Morgan fingerprint density at radius 3 is 2.13 bits per heavy atom. The first-order chi connectivity index (χ1) is 15.2. The van der Waals surface area contributed by atoms with Gasteiger partial charge in [0, 0.05) is 24.2 Å². The van der Waals surface area contributed by atoms with E-state index in [1.165, 1.54) is 11.6 Å². The van der Waals surface area contributed by atoms with Crippen LogP contribution in [0.4, 0.5) is 0 Å². The fourth-order valence-corrected chi connectivity index (χ4v) is 3.15. The predicted octanol–water partition coefficient (Wildman–Crippen LogP) is 5.27. The Morgan fingerprint density at radius 2 is 1.48 bits per heavy atom. The SMILES string of the molecule is CC.Cc1cc(OCc2ncccn2)cc(=O)n1Cc1ccc(-c2ccccc2)cc1. The molecule has 2 aromatic carbocycles. The van der Waals surface area contributed by atoms with Gasteiger partial charge in [0.15, 0.2) is 5.82 Å². The van der Waals surface area contributed by atoms with Gasteiger partial charge in [0.2, 0.25) is 0 Å². The molecule has 0 aliphatic rings. The summed E-state index contributed by atoms with van der Waals surface area (Å²) < 4.78 is 7.42. The molecule has 0 radical (unpaired) electrons. The van der Waals surface area contributed by atoms with Gasteiger partial charge in [0.25, 0.3) is 5.56 Å². The predicted molar refractivity (Wildman–Crippen MR) is 124 cm³/mol. The van der Waals surface area contributed by atoms with Crippen LogP contribution in [0.5, 0.6) is 5.75 Å². The van der Waals surface area contributed by atoms with Gasteiger partial charge in [-0.2, -0.15) is 0 Å². The lowest BCUT2D eigenvalue weighted by atomic mass is 10.0. The molecule has 0 atom stereocenters. The third kappa shape index (κ3) is 5.89. The topological polar surface area (TPSA) is 57.0 Å². The van der Waals surface area contributed by atoms with E-state index >= 15 is 0 Å². The van der Waals surface area contributed by atoms with Crippen LogP contribution in [-0.2, 0) is 13.2 Å². The van der Waals surface area contributed by atoms with Gasteiger partial charge in [0.05, 0.1) is 6.54 Å². The first-order valence-electron chi connectivity index (χ1n) is 10.4. The lowest BCUT2D eigenvalue weighted by molar-refractivity contribution is 0.294. The van der Waals surface area contributed by atoms with Crippen LogP contribution >= 0.6 is 0 Å². The Balaban J connectivity index is 0.00000132. The number of rotatable bonds is 6. The van der Waals surface area contributed by atoms with Gasteiger partial charge < -0.3 is 9.30 Å². The summed E-state index contributed by atoms with van der Waals surface area (Å²) in [5.74, 6) is 1.10. The lowest BCUT2D eigenvalue weighted by Crippen LogP contribution is -2.22. The molecule has 31 heavy (non-hydrogen) atoms. The Hall–Kier alpha value is -3.73. The summed E-state index contributed by atoms with van der Waals surface area (Å²) in [4.78, 5) is 20.9. The second-order valence-corrected chi connectivity index (χ2v) is 6.77. The van der Waals surface area contributed by atoms with Crippen LogP contribution in [0.15, 0.2) is 90.0 Å². The van der Waals surface area contributed by atoms with E-state index in [9.17, 15) is 4.79 Å². The molecule has 5 heteroatoms. The van der Waals surface area contributed by atoms with E-state index in [0.717, 1.165) is 16.8 Å². The summed E-state index contributed by atoms with van der Waals surface area (Å²) in [7, 11) is 0. The highest BCUT2D eigenvalue weighted by Crippen LogP contribution is 2.20. The minimum absolute atomic E-state index is 0.0962. The Bertz CT molecular complexity index is 1140. The molecular weight excluding hydrogens is 386 g/mol. The maximum Gasteiger partial charge on any atom is 0.254 e. The average molecular weight is 414 g/mol. The molecule has 0 unspecified atom stereocenters. The molecule has 0 saturated heterocycles. The van der Waals surface area contributed by atoms with Gasteiger partial charge in [-0.1, -0.05) is 68.4 Å². The lowest BCUT2D eigenvalue weighted by Gasteiger charge is -2.13. The highest BCUT2D eigenvalue weighted by atomic mass is 16.5. The molecule has 158 valence electrons. The van der Waals surface area contributed by atoms with Crippen molar-refractivity contribution >= 4 is 0 Å². The number of aromatic nitrogens is 3. The van der Waals surface area contributed by atoms with Crippen molar-refractivity contribution in [2.75, 3.05) is 0 Å². The molecule has 0 fully saturated rings. The Morgan fingerprint density at radius 1 is 0.839 bits per heavy atom. The van der Waals surface area contributed by atoms with Gasteiger partial charge in [-0.25, -0.2) is 9.97 Å². The van der Waals surface area contributed by atoms with E-state index in [0.29, 0.717) is 18.1 Å². The van der Waals surface area contributed by atoms with Crippen molar-refractivity contribution in [3.63, 3.8) is 0 Å². The molecule has 0 N–H and O–H groups in total. The van der Waals surface area contributed by atoms with E-state index in [1.54, 1.807) is 23.0 Å². The van der Waals surface area contributed by atoms with E-state index in [-0.39, 0.29) is 12.2 Å². The van der Waals surface area contributed by atoms with Crippen molar-refractivity contribution in [1.29, 1.82) is 0 Å². The van der Waals surface area contributed by atoms with Crippen LogP contribution in [-0.4, -0.2) is 14.5 Å². The first-order valence-corrected chi connectivity index (χ1v) is 10.4. The zero-order chi connectivity index (χ0) is 22.1. The summed E-state index contributed by atoms with van der Waals surface area (Å²) in [5, 5.41) is 0. The molecule has 2 aromatic heterocycles. The quantitative estimate of drug-likeness (QED) is 0.432. The van der Waals surface area contributed by atoms with Gasteiger partial charge >= 0.3 is 0 Å². The molecule has 0 bridgehead atoms. The molecule has 0 amide bonds. The summed E-state index contributed by atoms with van der Waals surface area (Å²) in [6.07, 6.45) is 3.33. The van der Waals surface area contributed by atoms with Crippen molar-refractivity contribution in [3.05, 3.63) is 113 Å². The van der Waals surface area contributed by atoms with E-state index < -0.39 is 0 Å². The third-order valence-electron chi connectivity index (χ3n) is 4.70. The summed E-state index contributed by atoms with van der Waals surface area (Å²) >= 11 is 0. The van der Waals surface area contributed by atoms with E-state index in [2.05, 4.69) is 46.4 Å². The minimum atomic E-state index is -0.0962. The van der Waals surface area contributed by atoms with Crippen LogP contribution in [0.2, 0.25) is 0 Å². The van der Waals surface area contributed by atoms with E-state index in [4.69, 9.17) is 4.74 Å². The highest BCUT2D eigenvalue weighted by Gasteiger charge is 2.07. The second-order valence-electron chi connectivity index (χ2n) is 6.77. The van der Waals surface area contributed by atoms with Crippen molar-refractivity contribution in [1.82, 2.24) is 14.5 Å². The Labute approximate surface area is 183 Å². The number of nitrogens with zero attached hydrogens (tertiary/aromatic N) is 3. The first kappa shape index (κ1) is 22.0. The smallest absolute Gasteiger partial charge is 0.254 e.